The molecule has 6 heteroatoms. The Morgan fingerprint density at radius 1 is 1.56 bits per heavy atom. The third-order valence-electron chi connectivity index (χ3n) is 2.35. The fourth-order valence-electron chi connectivity index (χ4n) is 1.55. The van der Waals surface area contributed by atoms with Crippen LogP contribution in [0.15, 0.2) is 29.3 Å². The first-order chi connectivity index (χ1) is 8.50. The van der Waals surface area contributed by atoms with Crippen LogP contribution in [0.1, 0.15) is 9.67 Å². The molecular formula is C12H10BrClN2OS. The van der Waals surface area contributed by atoms with Crippen molar-refractivity contribution < 1.29 is 4.79 Å². The number of halogens is 2. The molecule has 0 aliphatic heterocycles. The van der Waals surface area contributed by atoms with Crippen molar-refractivity contribution in [2.45, 2.75) is 0 Å². The number of hydrogen-bond acceptors (Lipinski definition) is 3. The molecule has 1 aromatic heterocycles. The minimum atomic E-state index is -0.217. The summed E-state index contributed by atoms with van der Waals surface area (Å²) in [7, 11) is 0. The molecule has 0 atom stereocenters. The van der Waals surface area contributed by atoms with Gasteiger partial charge in [-0.2, -0.15) is 0 Å². The van der Waals surface area contributed by atoms with Gasteiger partial charge in [-0.05, 0) is 12.1 Å². The Balaban J connectivity index is 2.40. The molecule has 1 aromatic carbocycles. The zero-order valence-electron chi connectivity index (χ0n) is 9.30. The number of benzene rings is 1. The van der Waals surface area contributed by atoms with Crippen LogP contribution < -0.4 is 11.1 Å². The highest BCUT2D eigenvalue weighted by atomic mass is 79.9. The molecule has 0 saturated heterocycles. The lowest BCUT2D eigenvalue weighted by atomic mass is 10.2. The molecule has 18 heavy (non-hydrogen) atoms. The summed E-state index contributed by atoms with van der Waals surface area (Å²) in [6, 6.07) is 5.49. The lowest BCUT2D eigenvalue weighted by Gasteiger charge is -2.02. The van der Waals surface area contributed by atoms with Gasteiger partial charge < -0.3 is 11.1 Å². The maximum absolute atomic E-state index is 12.0. The average molecular weight is 346 g/mol. The maximum atomic E-state index is 12.0. The molecule has 0 bridgehead atoms. The first-order valence-corrected chi connectivity index (χ1v) is 7.07. The number of nitrogen functional groups attached to an aromatic ring is 1. The van der Waals surface area contributed by atoms with E-state index in [1.54, 1.807) is 6.07 Å². The Morgan fingerprint density at radius 2 is 2.28 bits per heavy atom. The van der Waals surface area contributed by atoms with Gasteiger partial charge in [0, 0.05) is 21.1 Å². The van der Waals surface area contributed by atoms with Crippen LogP contribution >= 0.6 is 38.9 Å². The second kappa shape index (κ2) is 5.30. The third-order valence-corrected chi connectivity index (χ3v) is 4.11. The predicted molar refractivity (Wildman–Crippen MR) is 81.6 cm³/mol. The summed E-state index contributed by atoms with van der Waals surface area (Å²) < 4.78 is 1.61. The van der Waals surface area contributed by atoms with Crippen LogP contribution in [0.5, 0.6) is 0 Å². The average Bonchev–Trinajstić information content (AvgIpc) is 2.65. The van der Waals surface area contributed by atoms with Crippen molar-refractivity contribution in [2.24, 2.45) is 0 Å². The van der Waals surface area contributed by atoms with Crippen molar-refractivity contribution in [3.05, 3.63) is 39.2 Å². The lowest BCUT2D eigenvalue weighted by Crippen LogP contribution is -2.24. The van der Waals surface area contributed by atoms with Gasteiger partial charge in [-0.1, -0.05) is 40.2 Å². The quantitative estimate of drug-likeness (QED) is 0.889. The molecule has 0 aliphatic rings. The molecule has 0 spiro atoms. The van der Waals surface area contributed by atoms with Gasteiger partial charge in [-0.25, -0.2) is 0 Å². The molecule has 2 rings (SSSR count). The van der Waals surface area contributed by atoms with Gasteiger partial charge in [0.2, 0.25) is 0 Å². The Labute approximate surface area is 122 Å². The number of fused-ring (bicyclic) bond motifs is 1. The largest absolute Gasteiger partial charge is 0.397 e. The van der Waals surface area contributed by atoms with Crippen LogP contribution in [-0.4, -0.2) is 12.5 Å². The van der Waals surface area contributed by atoms with Crippen LogP contribution in [0.4, 0.5) is 5.69 Å². The molecule has 0 unspecified atom stereocenters. The van der Waals surface area contributed by atoms with Crippen LogP contribution in [0, 0.1) is 0 Å². The number of rotatable bonds is 3. The number of carbonyl (C=O) groups is 1. The van der Waals surface area contributed by atoms with E-state index in [-0.39, 0.29) is 5.91 Å². The van der Waals surface area contributed by atoms with Gasteiger partial charge in [-0.3, -0.25) is 4.79 Å². The third kappa shape index (κ3) is 2.53. The molecule has 2 aromatic rings. The molecule has 0 fully saturated rings. The van der Waals surface area contributed by atoms with Gasteiger partial charge >= 0.3 is 0 Å². The van der Waals surface area contributed by atoms with Crippen LogP contribution in [0.25, 0.3) is 10.1 Å². The molecule has 0 radical (unpaired) electrons. The summed E-state index contributed by atoms with van der Waals surface area (Å²) >= 11 is 10.6. The fraction of sp³-hybridized carbons (Fsp3) is 0.0833. The summed E-state index contributed by atoms with van der Waals surface area (Å²) in [4.78, 5) is 12.4. The number of thiophene rings is 1. The number of hydrogen-bond donors (Lipinski definition) is 2. The van der Waals surface area contributed by atoms with Gasteiger partial charge in [0.15, 0.2) is 0 Å². The van der Waals surface area contributed by atoms with E-state index in [1.165, 1.54) is 11.3 Å². The Hall–Kier alpha value is -1.04. The summed E-state index contributed by atoms with van der Waals surface area (Å²) in [5.74, 6) is -0.217. The van der Waals surface area contributed by atoms with E-state index < -0.39 is 0 Å². The standard InChI is InChI=1S/C12H10BrClN2OS/c1-6(13)5-16-12(17)11-10(15)9-7(14)3-2-4-8(9)18-11/h2-4H,1,5,15H2,(H,16,17). The highest BCUT2D eigenvalue weighted by Crippen LogP contribution is 2.37. The van der Waals surface area contributed by atoms with Gasteiger partial charge in [0.1, 0.15) is 4.88 Å². The molecule has 0 aliphatic carbocycles. The van der Waals surface area contributed by atoms with Crippen molar-refractivity contribution in [1.29, 1.82) is 0 Å². The van der Waals surface area contributed by atoms with Crippen molar-refractivity contribution in [3.63, 3.8) is 0 Å². The van der Waals surface area contributed by atoms with Gasteiger partial charge in [0.25, 0.3) is 5.91 Å². The number of carbonyl (C=O) groups excluding carboxylic acids is 1. The summed E-state index contributed by atoms with van der Waals surface area (Å²) in [5, 5.41) is 4.02. The zero-order valence-corrected chi connectivity index (χ0v) is 12.5. The van der Waals surface area contributed by atoms with E-state index in [0.29, 0.717) is 26.6 Å². The van der Waals surface area contributed by atoms with E-state index in [9.17, 15) is 4.79 Å². The van der Waals surface area contributed by atoms with Crippen molar-refractivity contribution >= 4 is 60.5 Å². The minimum Gasteiger partial charge on any atom is -0.397 e. The number of nitrogens with one attached hydrogen (secondary N) is 1. The second-order valence-corrected chi connectivity index (χ2v) is 6.24. The smallest absolute Gasteiger partial charge is 0.263 e. The van der Waals surface area contributed by atoms with Crippen molar-refractivity contribution in [2.75, 3.05) is 12.3 Å². The Bertz CT molecular complexity index is 638. The zero-order chi connectivity index (χ0) is 13.3. The molecule has 1 heterocycles. The van der Waals surface area contributed by atoms with Crippen molar-refractivity contribution in [1.82, 2.24) is 5.32 Å². The molecule has 3 nitrogen and oxygen atoms in total. The molecule has 1 amide bonds. The summed E-state index contributed by atoms with van der Waals surface area (Å²) in [6.45, 7) is 4.01. The highest BCUT2D eigenvalue weighted by molar-refractivity contribution is 9.11. The van der Waals surface area contributed by atoms with Crippen LogP contribution in [-0.2, 0) is 0 Å². The lowest BCUT2D eigenvalue weighted by molar-refractivity contribution is 0.0962. The van der Waals surface area contributed by atoms with Crippen molar-refractivity contribution in [3.8, 4) is 0 Å². The first-order valence-electron chi connectivity index (χ1n) is 5.08. The monoisotopic (exact) mass is 344 g/mol. The fourth-order valence-corrected chi connectivity index (χ4v) is 3.09. The van der Waals surface area contributed by atoms with E-state index in [2.05, 4.69) is 27.8 Å². The normalized spacial score (nSPS) is 10.6. The second-order valence-electron chi connectivity index (χ2n) is 3.66. The predicted octanol–water partition coefficient (Wildman–Crippen LogP) is 3.78. The topological polar surface area (TPSA) is 55.1 Å². The Kier molecular flexibility index (Phi) is 3.94. The van der Waals surface area contributed by atoms with Crippen LogP contribution in [0.3, 0.4) is 0 Å². The first kappa shape index (κ1) is 13.4. The number of anilines is 1. The molecule has 3 N–H and O–H groups in total. The Morgan fingerprint density at radius 3 is 2.89 bits per heavy atom. The van der Waals surface area contributed by atoms with E-state index in [1.807, 2.05) is 12.1 Å². The SMILES string of the molecule is C=C(Br)CNC(=O)c1sc2cccc(Cl)c2c1N. The molecule has 0 saturated carbocycles. The van der Waals surface area contributed by atoms with Gasteiger partial charge in [0.05, 0.1) is 10.7 Å². The van der Waals surface area contributed by atoms with E-state index >= 15 is 0 Å². The minimum absolute atomic E-state index is 0.217. The van der Waals surface area contributed by atoms with E-state index in [4.69, 9.17) is 17.3 Å². The molecular weight excluding hydrogens is 336 g/mol. The number of amides is 1. The molecule has 94 valence electrons. The van der Waals surface area contributed by atoms with Crippen LogP contribution in [0.2, 0.25) is 5.02 Å². The summed E-state index contributed by atoms with van der Waals surface area (Å²) in [5.41, 5.74) is 6.41. The summed E-state index contributed by atoms with van der Waals surface area (Å²) in [6.07, 6.45) is 0. The number of nitrogens with two attached hydrogens (primary N) is 1. The van der Waals surface area contributed by atoms with Gasteiger partial charge in [-0.15, -0.1) is 11.3 Å². The highest BCUT2D eigenvalue weighted by Gasteiger charge is 2.17. The maximum Gasteiger partial charge on any atom is 0.263 e. The van der Waals surface area contributed by atoms with E-state index in [0.717, 1.165) is 10.1 Å².